The maximum atomic E-state index is 13.3. The normalized spacial score (nSPS) is 10.9. The molecule has 182 valence electrons. The Morgan fingerprint density at radius 3 is 2.54 bits per heavy atom. The summed E-state index contributed by atoms with van der Waals surface area (Å²) in [5.41, 5.74) is 2.68. The summed E-state index contributed by atoms with van der Waals surface area (Å²) in [6.45, 7) is 7.31. The highest BCUT2D eigenvalue weighted by atomic mass is 32.1. The van der Waals surface area contributed by atoms with Crippen LogP contribution in [0.3, 0.4) is 0 Å². The van der Waals surface area contributed by atoms with Crippen molar-refractivity contribution in [3.8, 4) is 22.6 Å². The summed E-state index contributed by atoms with van der Waals surface area (Å²) in [7, 11) is 0. The molecular formula is C27H29N3O4S. The Morgan fingerprint density at radius 2 is 1.80 bits per heavy atom. The summed E-state index contributed by atoms with van der Waals surface area (Å²) < 4.78 is 12.6. The van der Waals surface area contributed by atoms with Gasteiger partial charge in [-0.1, -0.05) is 36.4 Å². The quantitative estimate of drug-likeness (QED) is 0.351. The standard InChI is InChI=1S/C27H29N3O4S/c1-4-33-21-12-11-19(15-22(21)34-5-2)13-14-28-23(31)16-30-17-29-26-25(27(30)32)24(18(3)35-26)20-9-7-6-8-10-20/h6-12,15,17H,4-5,13-14,16H2,1-3H3,(H,28,31). The molecule has 2 heterocycles. The molecule has 35 heavy (non-hydrogen) atoms. The molecule has 0 aliphatic heterocycles. The van der Waals surface area contributed by atoms with Gasteiger partial charge in [0, 0.05) is 17.0 Å². The fourth-order valence-corrected chi connectivity index (χ4v) is 5.01. The number of thiophene rings is 1. The van der Waals surface area contributed by atoms with Crippen molar-refractivity contribution in [2.24, 2.45) is 0 Å². The van der Waals surface area contributed by atoms with E-state index in [4.69, 9.17) is 9.47 Å². The first-order valence-electron chi connectivity index (χ1n) is 11.7. The zero-order chi connectivity index (χ0) is 24.8. The number of hydrogen-bond donors (Lipinski definition) is 1. The van der Waals surface area contributed by atoms with Crippen molar-refractivity contribution in [2.75, 3.05) is 19.8 Å². The lowest BCUT2D eigenvalue weighted by Gasteiger charge is -2.13. The zero-order valence-corrected chi connectivity index (χ0v) is 21.0. The molecule has 1 N–H and O–H groups in total. The first-order chi connectivity index (χ1) is 17.0. The average Bonchev–Trinajstić information content (AvgIpc) is 3.20. The molecule has 4 aromatic rings. The number of aryl methyl sites for hydroxylation is 1. The van der Waals surface area contributed by atoms with Crippen LogP contribution in [-0.2, 0) is 17.8 Å². The minimum absolute atomic E-state index is 0.0849. The monoisotopic (exact) mass is 491 g/mol. The summed E-state index contributed by atoms with van der Waals surface area (Å²) in [5, 5.41) is 3.46. The van der Waals surface area contributed by atoms with Crippen LogP contribution in [0.4, 0.5) is 0 Å². The van der Waals surface area contributed by atoms with Crippen molar-refractivity contribution in [3.63, 3.8) is 0 Å². The summed E-state index contributed by atoms with van der Waals surface area (Å²) in [6.07, 6.45) is 2.09. The Bertz CT molecular complexity index is 1380. The fraction of sp³-hybridized carbons (Fsp3) is 0.296. The van der Waals surface area contributed by atoms with Gasteiger partial charge in [0.05, 0.1) is 24.9 Å². The minimum Gasteiger partial charge on any atom is -0.490 e. The number of hydrogen-bond acceptors (Lipinski definition) is 6. The minimum atomic E-state index is -0.238. The van der Waals surface area contributed by atoms with Gasteiger partial charge in [-0.3, -0.25) is 14.2 Å². The number of aromatic nitrogens is 2. The van der Waals surface area contributed by atoms with Gasteiger partial charge < -0.3 is 14.8 Å². The molecule has 8 heteroatoms. The maximum absolute atomic E-state index is 13.3. The number of benzene rings is 2. The van der Waals surface area contributed by atoms with Crippen LogP contribution in [0.5, 0.6) is 11.5 Å². The van der Waals surface area contributed by atoms with Crippen molar-refractivity contribution >= 4 is 27.5 Å². The van der Waals surface area contributed by atoms with Crippen molar-refractivity contribution < 1.29 is 14.3 Å². The number of amides is 1. The summed E-state index contributed by atoms with van der Waals surface area (Å²) in [6, 6.07) is 15.6. The predicted molar refractivity (Wildman–Crippen MR) is 140 cm³/mol. The van der Waals surface area contributed by atoms with Gasteiger partial charge in [0.1, 0.15) is 11.4 Å². The van der Waals surface area contributed by atoms with Crippen LogP contribution in [0.1, 0.15) is 24.3 Å². The van der Waals surface area contributed by atoms with E-state index < -0.39 is 0 Å². The van der Waals surface area contributed by atoms with E-state index in [0.717, 1.165) is 21.6 Å². The van der Waals surface area contributed by atoms with Crippen molar-refractivity contribution in [3.05, 3.63) is 75.7 Å². The largest absolute Gasteiger partial charge is 0.490 e. The Morgan fingerprint density at radius 1 is 1.06 bits per heavy atom. The van der Waals surface area contributed by atoms with E-state index in [-0.39, 0.29) is 18.0 Å². The van der Waals surface area contributed by atoms with Gasteiger partial charge in [-0.15, -0.1) is 11.3 Å². The molecule has 0 saturated carbocycles. The van der Waals surface area contributed by atoms with E-state index in [0.29, 0.717) is 47.9 Å². The second-order valence-electron chi connectivity index (χ2n) is 8.00. The molecule has 0 aliphatic rings. The van der Waals surface area contributed by atoms with E-state index in [1.54, 1.807) is 0 Å². The number of ether oxygens (including phenoxy) is 2. The highest BCUT2D eigenvalue weighted by molar-refractivity contribution is 7.19. The van der Waals surface area contributed by atoms with Crippen molar-refractivity contribution in [2.45, 2.75) is 33.7 Å². The van der Waals surface area contributed by atoms with Gasteiger partial charge in [-0.2, -0.15) is 0 Å². The van der Waals surface area contributed by atoms with Gasteiger partial charge in [-0.05, 0) is 50.5 Å². The van der Waals surface area contributed by atoms with Crippen LogP contribution in [0.15, 0.2) is 59.7 Å². The maximum Gasteiger partial charge on any atom is 0.263 e. The first kappa shape index (κ1) is 24.5. The lowest BCUT2D eigenvalue weighted by molar-refractivity contribution is -0.121. The first-order valence-corrected chi connectivity index (χ1v) is 12.5. The Labute approximate surface area is 208 Å². The zero-order valence-electron chi connectivity index (χ0n) is 20.2. The van der Waals surface area contributed by atoms with Crippen LogP contribution < -0.4 is 20.3 Å². The second kappa shape index (κ2) is 11.2. The third-order valence-electron chi connectivity index (χ3n) is 5.57. The molecule has 4 rings (SSSR count). The van der Waals surface area contributed by atoms with Gasteiger partial charge in [0.15, 0.2) is 11.5 Å². The highest BCUT2D eigenvalue weighted by Gasteiger charge is 2.17. The molecule has 0 spiro atoms. The second-order valence-corrected chi connectivity index (χ2v) is 9.21. The topological polar surface area (TPSA) is 82.5 Å². The van der Waals surface area contributed by atoms with E-state index in [2.05, 4.69) is 10.3 Å². The molecule has 0 saturated heterocycles. The smallest absolute Gasteiger partial charge is 0.263 e. The van der Waals surface area contributed by atoms with E-state index in [1.807, 2.05) is 69.3 Å². The molecule has 0 bridgehead atoms. The Balaban J connectivity index is 1.45. The van der Waals surface area contributed by atoms with Crippen molar-refractivity contribution in [1.29, 1.82) is 0 Å². The molecule has 0 atom stereocenters. The Kier molecular flexibility index (Phi) is 7.82. The predicted octanol–water partition coefficient (Wildman–Crippen LogP) is 4.59. The SMILES string of the molecule is CCOc1ccc(CCNC(=O)Cn2cnc3sc(C)c(-c4ccccc4)c3c2=O)cc1OCC. The molecule has 7 nitrogen and oxygen atoms in total. The third kappa shape index (κ3) is 5.54. The molecule has 0 unspecified atom stereocenters. The van der Waals surface area contributed by atoms with E-state index in [9.17, 15) is 9.59 Å². The molecular weight excluding hydrogens is 462 g/mol. The molecule has 0 fully saturated rings. The third-order valence-corrected chi connectivity index (χ3v) is 6.59. The summed E-state index contributed by atoms with van der Waals surface area (Å²) in [4.78, 5) is 32.1. The molecule has 2 aromatic carbocycles. The molecule has 1 amide bonds. The van der Waals surface area contributed by atoms with Crippen molar-refractivity contribution in [1.82, 2.24) is 14.9 Å². The molecule has 2 aromatic heterocycles. The van der Waals surface area contributed by atoms with Crippen LogP contribution in [0.2, 0.25) is 0 Å². The van der Waals surface area contributed by atoms with Gasteiger partial charge >= 0.3 is 0 Å². The highest BCUT2D eigenvalue weighted by Crippen LogP contribution is 2.35. The van der Waals surface area contributed by atoms with E-state index in [1.165, 1.54) is 22.2 Å². The molecule has 0 aliphatic carbocycles. The Hall–Kier alpha value is -3.65. The van der Waals surface area contributed by atoms with Crippen LogP contribution in [0.25, 0.3) is 21.3 Å². The number of nitrogens with one attached hydrogen (secondary N) is 1. The average molecular weight is 492 g/mol. The van der Waals surface area contributed by atoms with Gasteiger partial charge in [-0.25, -0.2) is 4.98 Å². The van der Waals surface area contributed by atoms with Crippen LogP contribution in [-0.4, -0.2) is 35.2 Å². The van der Waals surface area contributed by atoms with Gasteiger partial charge in [0.25, 0.3) is 5.56 Å². The number of nitrogens with zero attached hydrogens (tertiary/aromatic N) is 2. The van der Waals surface area contributed by atoms with Gasteiger partial charge in [0.2, 0.25) is 5.91 Å². The van der Waals surface area contributed by atoms with E-state index >= 15 is 0 Å². The number of fused-ring (bicyclic) bond motifs is 1. The molecule has 0 radical (unpaired) electrons. The fourth-order valence-electron chi connectivity index (χ4n) is 4.01. The summed E-state index contributed by atoms with van der Waals surface area (Å²) >= 11 is 1.49. The lowest BCUT2D eigenvalue weighted by atomic mass is 10.0. The summed E-state index contributed by atoms with van der Waals surface area (Å²) in [5.74, 6) is 1.17. The number of rotatable bonds is 10. The number of carbonyl (C=O) groups is 1. The van der Waals surface area contributed by atoms with Crippen LogP contribution in [0, 0.1) is 6.92 Å². The lowest BCUT2D eigenvalue weighted by Crippen LogP contribution is -2.33. The number of carbonyl (C=O) groups excluding carboxylic acids is 1. The van der Waals surface area contributed by atoms with Crippen LogP contribution >= 0.6 is 11.3 Å².